The van der Waals surface area contributed by atoms with Gasteiger partial charge in [-0.15, -0.1) is 0 Å². The van der Waals surface area contributed by atoms with Gasteiger partial charge in [0.1, 0.15) is 11.6 Å². The molecule has 0 heterocycles. The van der Waals surface area contributed by atoms with Gasteiger partial charge in [0.05, 0.1) is 6.42 Å². The molecule has 0 saturated carbocycles. The lowest BCUT2D eigenvalue weighted by Gasteiger charge is -2.09. The number of hydrogen-bond acceptors (Lipinski definition) is 1. The van der Waals surface area contributed by atoms with Gasteiger partial charge in [-0.3, -0.25) is 4.79 Å². The van der Waals surface area contributed by atoms with Crippen LogP contribution in [0.15, 0.2) is 36.4 Å². The van der Waals surface area contributed by atoms with Crippen LogP contribution in [0.5, 0.6) is 0 Å². The molecule has 0 unspecified atom stereocenters. The van der Waals surface area contributed by atoms with E-state index in [0.717, 1.165) is 0 Å². The van der Waals surface area contributed by atoms with E-state index in [-0.39, 0.29) is 11.4 Å². The molecule has 0 fully saturated rings. The molecule has 2 aromatic carbocycles. The third-order valence-corrected chi connectivity index (χ3v) is 2.82. The summed E-state index contributed by atoms with van der Waals surface area (Å²) in [6, 6.07) is 7.89. The van der Waals surface area contributed by atoms with Crippen molar-refractivity contribution in [3.8, 4) is 11.1 Å². The molecule has 2 nitrogen and oxygen atoms in total. The molecule has 0 aromatic heterocycles. The lowest BCUT2D eigenvalue weighted by Crippen LogP contribution is -2.14. The van der Waals surface area contributed by atoms with Gasteiger partial charge in [-0.1, -0.05) is 17.7 Å². The first kappa shape index (κ1) is 13.5. The standard InChI is InChI=1S/C14H10ClF2NO/c15-10-3-8(5-12(17)7-10)13-2-1-11(16)4-9(13)6-14(18)19/h1-5,7H,6H2,(H2,18,19). The number of benzene rings is 2. The third-order valence-electron chi connectivity index (χ3n) is 2.61. The summed E-state index contributed by atoms with van der Waals surface area (Å²) in [4.78, 5) is 11.0. The van der Waals surface area contributed by atoms with E-state index in [1.54, 1.807) is 6.07 Å². The summed E-state index contributed by atoms with van der Waals surface area (Å²) in [5.74, 6) is -1.58. The number of carbonyl (C=O) groups is 1. The maximum atomic E-state index is 13.3. The number of primary amides is 1. The predicted octanol–water partition coefficient (Wildman–Crippen LogP) is 3.31. The second kappa shape index (κ2) is 5.36. The molecule has 0 atom stereocenters. The van der Waals surface area contributed by atoms with E-state index in [0.29, 0.717) is 16.7 Å². The first-order valence-electron chi connectivity index (χ1n) is 5.49. The summed E-state index contributed by atoms with van der Waals surface area (Å²) in [6.07, 6.45) is -0.124. The van der Waals surface area contributed by atoms with Crippen molar-refractivity contribution in [2.75, 3.05) is 0 Å². The summed E-state index contributed by atoms with van der Waals surface area (Å²) in [7, 11) is 0. The normalized spacial score (nSPS) is 10.5. The first-order valence-corrected chi connectivity index (χ1v) is 5.86. The quantitative estimate of drug-likeness (QED) is 0.921. The molecular formula is C14H10ClF2NO. The van der Waals surface area contributed by atoms with Gasteiger partial charge in [0.2, 0.25) is 5.91 Å². The monoisotopic (exact) mass is 281 g/mol. The Morgan fingerprint density at radius 2 is 1.84 bits per heavy atom. The highest BCUT2D eigenvalue weighted by atomic mass is 35.5. The van der Waals surface area contributed by atoms with Crippen molar-refractivity contribution in [3.05, 3.63) is 58.6 Å². The number of halogens is 3. The molecule has 0 radical (unpaired) electrons. The Morgan fingerprint density at radius 3 is 2.47 bits per heavy atom. The van der Waals surface area contributed by atoms with Crippen LogP contribution in [0.3, 0.4) is 0 Å². The zero-order chi connectivity index (χ0) is 14.0. The van der Waals surface area contributed by atoms with E-state index in [4.69, 9.17) is 17.3 Å². The molecule has 2 N–H and O–H groups in total. The van der Waals surface area contributed by atoms with Gasteiger partial charge in [0, 0.05) is 5.02 Å². The molecule has 1 amide bonds. The Morgan fingerprint density at radius 1 is 1.11 bits per heavy atom. The SMILES string of the molecule is NC(=O)Cc1cc(F)ccc1-c1cc(F)cc(Cl)c1. The second-order valence-electron chi connectivity index (χ2n) is 4.10. The Labute approximate surface area is 113 Å². The molecule has 2 aromatic rings. The van der Waals surface area contributed by atoms with Gasteiger partial charge in [-0.25, -0.2) is 8.78 Å². The van der Waals surface area contributed by atoms with E-state index in [1.165, 1.54) is 30.3 Å². The minimum absolute atomic E-state index is 0.124. The largest absolute Gasteiger partial charge is 0.369 e. The highest BCUT2D eigenvalue weighted by Gasteiger charge is 2.10. The Hall–Kier alpha value is -1.94. The molecule has 0 aliphatic heterocycles. The van der Waals surface area contributed by atoms with Gasteiger partial charge in [0.25, 0.3) is 0 Å². The van der Waals surface area contributed by atoms with Crippen molar-refractivity contribution in [1.29, 1.82) is 0 Å². The van der Waals surface area contributed by atoms with Crippen molar-refractivity contribution in [2.45, 2.75) is 6.42 Å². The van der Waals surface area contributed by atoms with E-state index < -0.39 is 17.5 Å². The minimum atomic E-state index is -0.589. The predicted molar refractivity (Wildman–Crippen MR) is 69.7 cm³/mol. The van der Waals surface area contributed by atoms with Crippen LogP contribution < -0.4 is 5.73 Å². The van der Waals surface area contributed by atoms with Gasteiger partial charge < -0.3 is 5.73 Å². The lowest BCUT2D eigenvalue weighted by molar-refractivity contribution is -0.117. The van der Waals surface area contributed by atoms with Crippen molar-refractivity contribution in [2.24, 2.45) is 5.73 Å². The Balaban J connectivity index is 2.57. The molecule has 0 aliphatic rings. The van der Waals surface area contributed by atoms with Gasteiger partial charge in [-0.2, -0.15) is 0 Å². The van der Waals surface area contributed by atoms with E-state index in [1.807, 2.05) is 0 Å². The van der Waals surface area contributed by atoms with Crippen LogP contribution in [0.25, 0.3) is 11.1 Å². The number of nitrogens with two attached hydrogens (primary N) is 1. The summed E-state index contributed by atoms with van der Waals surface area (Å²) in [6.45, 7) is 0. The maximum Gasteiger partial charge on any atom is 0.221 e. The van der Waals surface area contributed by atoms with Crippen molar-refractivity contribution < 1.29 is 13.6 Å². The van der Waals surface area contributed by atoms with E-state index >= 15 is 0 Å². The van der Waals surface area contributed by atoms with Gasteiger partial charge >= 0.3 is 0 Å². The lowest BCUT2D eigenvalue weighted by atomic mass is 9.97. The van der Waals surface area contributed by atoms with Gasteiger partial charge in [0.15, 0.2) is 0 Å². The van der Waals surface area contributed by atoms with Crippen LogP contribution in [0.4, 0.5) is 8.78 Å². The van der Waals surface area contributed by atoms with Crippen LogP contribution in [0, 0.1) is 11.6 Å². The highest BCUT2D eigenvalue weighted by molar-refractivity contribution is 6.30. The molecule has 98 valence electrons. The number of amides is 1. The van der Waals surface area contributed by atoms with Crippen LogP contribution in [0.2, 0.25) is 5.02 Å². The zero-order valence-electron chi connectivity index (χ0n) is 9.79. The summed E-state index contributed by atoms with van der Waals surface area (Å²) >= 11 is 5.78. The average molecular weight is 282 g/mol. The first-order chi connectivity index (χ1) is 8.95. The van der Waals surface area contributed by atoms with Crippen LogP contribution >= 0.6 is 11.6 Å². The molecule has 2 rings (SSSR count). The summed E-state index contributed by atoms with van der Waals surface area (Å²) < 4.78 is 26.6. The zero-order valence-corrected chi connectivity index (χ0v) is 10.5. The molecular weight excluding hydrogens is 272 g/mol. The summed E-state index contributed by atoms with van der Waals surface area (Å²) in [5.41, 5.74) is 6.52. The van der Waals surface area contributed by atoms with Crippen molar-refractivity contribution in [3.63, 3.8) is 0 Å². The third kappa shape index (κ3) is 3.29. The molecule has 5 heteroatoms. The fourth-order valence-corrected chi connectivity index (χ4v) is 2.11. The number of rotatable bonds is 3. The molecule has 0 saturated heterocycles. The van der Waals surface area contributed by atoms with E-state index in [9.17, 15) is 13.6 Å². The second-order valence-corrected chi connectivity index (χ2v) is 4.54. The Kier molecular flexibility index (Phi) is 3.81. The van der Waals surface area contributed by atoms with E-state index in [2.05, 4.69) is 0 Å². The number of hydrogen-bond donors (Lipinski definition) is 1. The smallest absolute Gasteiger partial charge is 0.221 e. The average Bonchev–Trinajstić information content (AvgIpc) is 2.26. The van der Waals surface area contributed by atoms with Crippen molar-refractivity contribution >= 4 is 17.5 Å². The number of carbonyl (C=O) groups excluding carboxylic acids is 1. The Bertz CT molecular complexity index is 623. The van der Waals surface area contributed by atoms with Gasteiger partial charge in [-0.05, 0) is 47.0 Å². The van der Waals surface area contributed by atoms with Crippen LogP contribution in [-0.2, 0) is 11.2 Å². The molecule has 0 bridgehead atoms. The molecule has 19 heavy (non-hydrogen) atoms. The fourth-order valence-electron chi connectivity index (χ4n) is 1.89. The van der Waals surface area contributed by atoms with Crippen LogP contribution in [0.1, 0.15) is 5.56 Å². The fraction of sp³-hybridized carbons (Fsp3) is 0.0714. The minimum Gasteiger partial charge on any atom is -0.369 e. The maximum absolute atomic E-state index is 13.3. The highest BCUT2D eigenvalue weighted by Crippen LogP contribution is 2.28. The van der Waals surface area contributed by atoms with Crippen LogP contribution in [-0.4, -0.2) is 5.91 Å². The van der Waals surface area contributed by atoms with Crippen molar-refractivity contribution in [1.82, 2.24) is 0 Å². The molecule has 0 aliphatic carbocycles. The topological polar surface area (TPSA) is 43.1 Å². The molecule has 0 spiro atoms. The summed E-state index contributed by atoms with van der Waals surface area (Å²) in [5, 5.41) is 0.226.